The molecule has 10 aromatic rings. The standard InChI is InChI=1S/C50H32/c1-2-14-38-31-39(28-25-33(38)11-1)34-23-26-37(27-24-34)49-45-19-7-8-20-46(45)50(44-22-10-16-36-13-4-6-18-42(36)44)48-32-40(29-30-47(48)49)43-21-9-15-35-12-3-5-17-41(35)43/h1-32H/i3D,4D,5D,6D,7D,8D,9D,10D,12D,13D,15D,16D,17D,18D,19D,20D,21D,22D,29D,30D,32D. The van der Waals surface area contributed by atoms with Crippen LogP contribution in [0.15, 0.2) is 194 Å². The summed E-state index contributed by atoms with van der Waals surface area (Å²) in [4.78, 5) is 0. The lowest BCUT2D eigenvalue weighted by Gasteiger charge is -2.20. The average molecular weight is 654 g/mol. The van der Waals surface area contributed by atoms with Crippen molar-refractivity contribution < 1.29 is 28.8 Å². The highest BCUT2D eigenvalue weighted by Crippen LogP contribution is 2.47. The third-order valence-electron chi connectivity index (χ3n) is 8.88. The molecule has 0 N–H and O–H groups in total. The molecule has 0 aromatic heterocycles. The van der Waals surface area contributed by atoms with E-state index in [0.717, 1.165) is 16.3 Å². The summed E-state index contributed by atoms with van der Waals surface area (Å²) in [6.45, 7) is 0. The van der Waals surface area contributed by atoms with Gasteiger partial charge in [-0.2, -0.15) is 0 Å². The van der Waals surface area contributed by atoms with Crippen LogP contribution in [0.4, 0.5) is 0 Å². The van der Waals surface area contributed by atoms with E-state index in [0.29, 0.717) is 5.56 Å². The molecular weight excluding hydrogens is 601 g/mol. The van der Waals surface area contributed by atoms with Crippen molar-refractivity contribution in [2.24, 2.45) is 0 Å². The van der Waals surface area contributed by atoms with Crippen molar-refractivity contribution in [2.75, 3.05) is 0 Å². The molecule has 0 aliphatic heterocycles. The van der Waals surface area contributed by atoms with Crippen molar-refractivity contribution in [3.05, 3.63) is 194 Å². The minimum atomic E-state index is -0.872. The van der Waals surface area contributed by atoms with Crippen LogP contribution in [0.2, 0.25) is 0 Å². The molecule has 0 heteroatoms. The van der Waals surface area contributed by atoms with E-state index in [2.05, 4.69) is 0 Å². The molecule has 0 unspecified atom stereocenters. The van der Waals surface area contributed by atoms with Crippen LogP contribution in [0.3, 0.4) is 0 Å². The predicted octanol–water partition coefficient (Wildman–Crippen LogP) is 14.1. The molecule has 0 radical (unpaired) electrons. The summed E-state index contributed by atoms with van der Waals surface area (Å²) in [6.07, 6.45) is 0. The van der Waals surface area contributed by atoms with E-state index in [1.54, 1.807) is 24.3 Å². The van der Waals surface area contributed by atoms with Crippen molar-refractivity contribution in [3.63, 3.8) is 0 Å². The molecule has 0 fully saturated rings. The first-order chi connectivity index (χ1) is 33.5. The Morgan fingerprint density at radius 1 is 0.300 bits per heavy atom. The summed E-state index contributed by atoms with van der Waals surface area (Å²) in [5.41, 5.74) is -0.829. The number of hydrogen-bond donors (Lipinski definition) is 0. The Morgan fingerprint density at radius 3 is 1.58 bits per heavy atom. The van der Waals surface area contributed by atoms with Crippen molar-refractivity contribution in [3.8, 4) is 44.5 Å². The van der Waals surface area contributed by atoms with Crippen LogP contribution in [0.1, 0.15) is 28.8 Å². The molecule has 0 saturated heterocycles. The molecule has 0 aliphatic carbocycles. The third kappa shape index (κ3) is 4.61. The highest BCUT2D eigenvalue weighted by atomic mass is 14.2. The Bertz CT molecular complexity index is 4090. The third-order valence-corrected chi connectivity index (χ3v) is 8.88. The molecule has 0 heterocycles. The van der Waals surface area contributed by atoms with Gasteiger partial charge < -0.3 is 0 Å². The quantitative estimate of drug-likeness (QED) is 0.166. The molecule has 0 nitrogen and oxygen atoms in total. The average Bonchev–Trinajstić information content (AvgIpc) is 3.37. The summed E-state index contributed by atoms with van der Waals surface area (Å²) in [6, 6.07) is 3.37. The van der Waals surface area contributed by atoms with Crippen molar-refractivity contribution in [2.45, 2.75) is 0 Å². The first kappa shape index (κ1) is 14.5. The molecule has 10 rings (SSSR count). The van der Waals surface area contributed by atoms with E-state index in [9.17, 15) is 11.0 Å². The van der Waals surface area contributed by atoms with Crippen LogP contribution in [-0.2, 0) is 0 Å². The maximum atomic E-state index is 10.3. The second-order valence-electron chi connectivity index (χ2n) is 11.6. The van der Waals surface area contributed by atoms with Gasteiger partial charge in [-0.25, -0.2) is 0 Å². The van der Waals surface area contributed by atoms with Gasteiger partial charge in [0.2, 0.25) is 0 Å². The van der Waals surface area contributed by atoms with Gasteiger partial charge in [-0.1, -0.05) is 182 Å². The van der Waals surface area contributed by atoms with E-state index in [4.69, 9.17) is 17.8 Å². The zero-order valence-corrected chi connectivity index (χ0v) is 25.9. The highest BCUT2D eigenvalue weighted by Gasteiger charge is 2.19. The summed E-state index contributed by atoms with van der Waals surface area (Å²) < 4.78 is 191. The topological polar surface area (TPSA) is 0 Å². The fourth-order valence-electron chi connectivity index (χ4n) is 6.58. The molecule has 0 bridgehead atoms. The molecule has 0 spiro atoms. The lowest BCUT2D eigenvalue weighted by Crippen LogP contribution is -1.93. The fraction of sp³-hybridized carbons (Fsp3) is 0. The molecule has 0 amide bonds. The van der Waals surface area contributed by atoms with Gasteiger partial charge in [-0.05, 0) is 110 Å². The van der Waals surface area contributed by atoms with E-state index in [1.807, 2.05) is 42.5 Å². The van der Waals surface area contributed by atoms with Crippen molar-refractivity contribution in [1.82, 2.24) is 0 Å². The van der Waals surface area contributed by atoms with E-state index in [-0.39, 0.29) is 21.9 Å². The summed E-state index contributed by atoms with van der Waals surface area (Å²) in [5, 5.41) is -1.82. The van der Waals surface area contributed by atoms with Crippen LogP contribution in [0, 0.1) is 0 Å². The molecule has 10 aromatic carbocycles. The van der Waals surface area contributed by atoms with Crippen LogP contribution < -0.4 is 0 Å². The van der Waals surface area contributed by atoms with Gasteiger partial charge in [0.25, 0.3) is 0 Å². The van der Waals surface area contributed by atoms with Crippen molar-refractivity contribution >= 4 is 53.9 Å². The van der Waals surface area contributed by atoms with Gasteiger partial charge in [-0.15, -0.1) is 0 Å². The zero-order chi connectivity index (χ0) is 51.3. The Morgan fingerprint density at radius 2 is 0.840 bits per heavy atom. The first-order valence-corrected chi connectivity index (χ1v) is 15.6. The van der Waals surface area contributed by atoms with E-state index < -0.39 is 181 Å². The number of benzene rings is 10. The summed E-state index contributed by atoms with van der Waals surface area (Å²) >= 11 is 0. The lowest BCUT2D eigenvalue weighted by molar-refractivity contribution is 1.62. The number of hydrogen-bond acceptors (Lipinski definition) is 0. The van der Waals surface area contributed by atoms with Crippen molar-refractivity contribution in [1.29, 1.82) is 0 Å². The van der Waals surface area contributed by atoms with Gasteiger partial charge in [0, 0.05) is 0 Å². The molecular formula is C50H32. The smallest absolute Gasteiger partial charge is 0.0616 e. The monoisotopic (exact) mass is 653 g/mol. The normalized spacial score (nSPS) is 17.5. The Labute approximate surface area is 321 Å². The highest BCUT2D eigenvalue weighted by molar-refractivity contribution is 6.24. The number of fused-ring (bicyclic) bond motifs is 5. The zero-order valence-electron chi connectivity index (χ0n) is 46.9. The maximum Gasteiger partial charge on any atom is 0.0636 e. The SMILES string of the molecule is [2H]c1c([2H])c([2H])c2c(-c3c([2H])c([2H])c4c(-c5ccc(-c6ccc7ccccc7c6)cc5)c5c([2H])c([2H])c([2H])c([2H])c5c(-c5c([2H])c([2H])c([2H])c6c([2H])c([2H])c([2H])c([2H])c56)c4c3[2H])c([2H])c([2H])c([2H])c2c1[2H]. The van der Waals surface area contributed by atoms with Gasteiger partial charge in [0.1, 0.15) is 0 Å². The van der Waals surface area contributed by atoms with Crippen LogP contribution in [0.25, 0.3) is 98.4 Å². The fourth-order valence-corrected chi connectivity index (χ4v) is 6.58. The predicted molar refractivity (Wildman–Crippen MR) is 216 cm³/mol. The van der Waals surface area contributed by atoms with Gasteiger partial charge >= 0.3 is 0 Å². The van der Waals surface area contributed by atoms with E-state index >= 15 is 0 Å². The molecule has 0 aliphatic rings. The molecule has 50 heavy (non-hydrogen) atoms. The largest absolute Gasteiger partial charge is 0.0636 e. The summed E-state index contributed by atoms with van der Waals surface area (Å²) in [5.74, 6) is 0. The second-order valence-corrected chi connectivity index (χ2v) is 11.6. The second kappa shape index (κ2) is 11.6. The van der Waals surface area contributed by atoms with Crippen LogP contribution in [-0.4, -0.2) is 0 Å². The van der Waals surface area contributed by atoms with Gasteiger partial charge in [-0.3, -0.25) is 0 Å². The van der Waals surface area contributed by atoms with Gasteiger partial charge in [0.15, 0.2) is 0 Å². The Balaban J connectivity index is 1.50. The molecule has 232 valence electrons. The Kier molecular flexibility index (Phi) is 3.37. The molecule has 0 saturated carbocycles. The molecule has 0 atom stereocenters. The Hall–Kier alpha value is -6.50. The van der Waals surface area contributed by atoms with Crippen LogP contribution in [0.5, 0.6) is 0 Å². The minimum Gasteiger partial charge on any atom is -0.0616 e. The summed E-state index contributed by atoms with van der Waals surface area (Å²) in [7, 11) is 0. The minimum absolute atomic E-state index is 0.115. The maximum absolute atomic E-state index is 10.3. The van der Waals surface area contributed by atoms with Crippen LogP contribution >= 0.6 is 0 Å². The van der Waals surface area contributed by atoms with Gasteiger partial charge in [0.05, 0.1) is 28.8 Å². The lowest BCUT2D eigenvalue weighted by atomic mass is 9.83. The van der Waals surface area contributed by atoms with E-state index in [1.165, 1.54) is 0 Å². The first-order valence-electron chi connectivity index (χ1n) is 26.1. The number of rotatable bonds is 4.